The second-order valence-corrected chi connectivity index (χ2v) is 10.2. The molecule has 0 saturated carbocycles. The van der Waals surface area contributed by atoms with Crippen molar-refractivity contribution >= 4 is 23.0 Å². The molecule has 198 valence electrons. The zero-order valence-electron chi connectivity index (χ0n) is 22.5. The fourth-order valence-corrected chi connectivity index (χ4v) is 5.58. The van der Waals surface area contributed by atoms with Crippen molar-refractivity contribution in [2.24, 2.45) is 0 Å². The second kappa shape index (κ2) is 11.4. The number of carbonyl (C=O) groups excluding carboxylic acids is 1. The Morgan fingerprint density at radius 2 is 1.36 bits per heavy atom. The van der Waals surface area contributed by atoms with Crippen molar-refractivity contribution in [1.82, 2.24) is 9.88 Å². The minimum absolute atomic E-state index is 0.000742. The number of piperazine rings is 1. The quantitative estimate of drug-likeness (QED) is 0.530. The maximum Gasteiger partial charge on any atom is 0.255 e. The molecule has 0 bridgehead atoms. The third kappa shape index (κ3) is 5.51. The van der Waals surface area contributed by atoms with Crippen molar-refractivity contribution in [3.8, 4) is 12.1 Å². The molecule has 0 aliphatic carbocycles. The van der Waals surface area contributed by atoms with Crippen LogP contribution in [0.2, 0.25) is 0 Å². The van der Waals surface area contributed by atoms with E-state index in [9.17, 15) is 15.3 Å². The fraction of sp³-hybridized carbons (Fsp3) is 0.355. The van der Waals surface area contributed by atoms with Gasteiger partial charge in [-0.2, -0.15) is 10.5 Å². The average Bonchev–Trinajstić information content (AvgIpc) is 2.98. The smallest absolute Gasteiger partial charge is 0.255 e. The summed E-state index contributed by atoms with van der Waals surface area (Å²) in [6.07, 6.45) is 1.87. The van der Waals surface area contributed by atoms with E-state index in [0.29, 0.717) is 42.9 Å². The van der Waals surface area contributed by atoms with Crippen LogP contribution in [0.25, 0.3) is 0 Å². The van der Waals surface area contributed by atoms with Crippen LogP contribution in [-0.2, 0) is 0 Å². The molecule has 1 N–H and O–H groups in total. The molecule has 39 heavy (non-hydrogen) atoms. The lowest BCUT2D eigenvalue weighted by Crippen LogP contribution is -2.49. The molecule has 0 atom stereocenters. The van der Waals surface area contributed by atoms with Crippen molar-refractivity contribution in [1.29, 1.82) is 10.5 Å². The largest absolute Gasteiger partial charge is 0.381 e. The first kappa shape index (κ1) is 26.1. The number of nitrogens with zero attached hydrogens (tertiary/aromatic N) is 6. The summed E-state index contributed by atoms with van der Waals surface area (Å²) in [7, 11) is 0. The van der Waals surface area contributed by atoms with Crippen molar-refractivity contribution < 1.29 is 4.79 Å². The Morgan fingerprint density at radius 3 is 1.92 bits per heavy atom. The first-order chi connectivity index (χ1) is 19.0. The lowest BCUT2D eigenvalue weighted by molar-refractivity contribution is 0.0745. The molecule has 0 spiro atoms. The van der Waals surface area contributed by atoms with Gasteiger partial charge in [-0.3, -0.25) is 9.78 Å². The number of hydrogen-bond acceptors (Lipinski definition) is 7. The molecule has 2 saturated heterocycles. The van der Waals surface area contributed by atoms with Crippen LogP contribution in [0.5, 0.6) is 0 Å². The van der Waals surface area contributed by atoms with E-state index in [1.165, 1.54) is 0 Å². The van der Waals surface area contributed by atoms with Crippen LogP contribution in [0.3, 0.4) is 0 Å². The molecule has 8 heteroatoms. The van der Waals surface area contributed by atoms with Gasteiger partial charge in [0.2, 0.25) is 0 Å². The van der Waals surface area contributed by atoms with Gasteiger partial charge in [0.25, 0.3) is 5.91 Å². The number of piperidine rings is 1. The van der Waals surface area contributed by atoms with Gasteiger partial charge in [-0.25, -0.2) is 0 Å². The standard InChI is InChI=1S/C31H33N7O/c1-22-27(31(39)38-17-15-37(16-18-38)30-10-6-4-8-25(30)21-33)19-28(23(2)34-22)35-26-11-13-36(14-12-26)29-9-5-3-7-24(29)20-32/h3-10,19,26,35H,11-18H2,1-2H3. The van der Waals surface area contributed by atoms with Gasteiger partial charge in [0.1, 0.15) is 12.1 Å². The number of benzene rings is 2. The molecular weight excluding hydrogens is 486 g/mol. The van der Waals surface area contributed by atoms with Gasteiger partial charge in [-0.05, 0) is 57.0 Å². The number of para-hydroxylation sites is 2. The van der Waals surface area contributed by atoms with Crippen LogP contribution < -0.4 is 15.1 Å². The Balaban J connectivity index is 1.23. The number of nitriles is 2. The van der Waals surface area contributed by atoms with Gasteiger partial charge < -0.3 is 20.0 Å². The number of aryl methyl sites for hydroxylation is 2. The maximum atomic E-state index is 13.6. The molecule has 5 rings (SSSR count). The summed E-state index contributed by atoms with van der Waals surface area (Å²) < 4.78 is 0. The minimum atomic E-state index is -0.000742. The van der Waals surface area contributed by atoms with E-state index < -0.39 is 0 Å². The number of amides is 1. The zero-order chi connectivity index (χ0) is 27.4. The topological polar surface area (TPSA) is 99.3 Å². The van der Waals surface area contributed by atoms with Crippen LogP contribution in [0.4, 0.5) is 17.1 Å². The number of carbonyl (C=O) groups is 1. The molecule has 1 aromatic heterocycles. The predicted octanol–water partition coefficient (Wildman–Crippen LogP) is 4.49. The fourth-order valence-electron chi connectivity index (χ4n) is 5.58. The van der Waals surface area contributed by atoms with Gasteiger partial charge >= 0.3 is 0 Å². The number of pyridine rings is 1. The number of hydrogen-bond donors (Lipinski definition) is 1. The van der Waals surface area contributed by atoms with E-state index in [1.54, 1.807) is 0 Å². The molecule has 3 heterocycles. The van der Waals surface area contributed by atoms with Crippen LogP contribution in [0, 0.1) is 36.5 Å². The van der Waals surface area contributed by atoms with E-state index in [4.69, 9.17) is 4.98 Å². The maximum absolute atomic E-state index is 13.6. The molecule has 2 aliphatic heterocycles. The van der Waals surface area contributed by atoms with Gasteiger partial charge in [0.05, 0.1) is 45.1 Å². The third-order valence-corrected chi connectivity index (χ3v) is 7.79. The Hall–Kier alpha value is -4.56. The average molecular weight is 520 g/mol. The Bertz CT molecular complexity index is 1440. The molecule has 3 aromatic rings. The summed E-state index contributed by atoms with van der Waals surface area (Å²) in [5.41, 5.74) is 6.45. The SMILES string of the molecule is Cc1nc(C)c(C(=O)N2CCN(c3ccccc3C#N)CC2)cc1NC1CCN(c2ccccc2C#N)CC1. The second-order valence-electron chi connectivity index (χ2n) is 10.2. The van der Waals surface area contributed by atoms with Crippen molar-refractivity contribution in [3.05, 3.63) is 82.7 Å². The first-order valence-electron chi connectivity index (χ1n) is 13.5. The normalized spacial score (nSPS) is 15.9. The van der Waals surface area contributed by atoms with Gasteiger partial charge in [-0.15, -0.1) is 0 Å². The number of aromatic nitrogens is 1. The zero-order valence-corrected chi connectivity index (χ0v) is 22.5. The van der Waals surface area contributed by atoms with E-state index in [1.807, 2.05) is 73.3 Å². The molecule has 2 fully saturated rings. The highest BCUT2D eigenvalue weighted by atomic mass is 16.2. The van der Waals surface area contributed by atoms with Gasteiger partial charge in [0, 0.05) is 45.3 Å². The summed E-state index contributed by atoms with van der Waals surface area (Å²) in [4.78, 5) is 24.6. The molecule has 2 aromatic carbocycles. The van der Waals surface area contributed by atoms with Crippen molar-refractivity contribution in [2.45, 2.75) is 32.7 Å². The predicted molar refractivity (Wildman–Crippen MR) is 153 cm³/mol. The van der Waals surface area contributed by atoms with Crippen molar-refractivity contribution in [3.63, 3.8) is 0 Å². The molecule has 2 aliphatic rings. The summed E-state index contributed by atoms with van der Waals surface area (Å²) in [6.45, 7) is 8.15. The summed E-state index contributed by atoms with van der Waals surface area (Å²) in [6, 6.07) is 22.2. The van der Waals surface area contributed by atoms with Gasteiger partial charge in [0.15, 0.2) is 0 Å². The molecular formula is C31H33N7O. The van der Waals surface area contributed by atoms with E-state index in [0.717, 1.165) is 54.4 Å². The lowest BCUT2D eigenvalue weighted by atomic mass is 10.0. The number of nitrogens with one attached hydrogen (secondary N) is 1. The summed E-state index contributed by atoms with van der Waals surface area (Å²) >= 11 is 0. The van der Waals surface area contributed by atoms with E-state index >= 15 is 0 Å². The Morgan fingerprint density at radius 1 is 0.821 bits per heavy atom. The third-order valence-electron chi connectivity index (χ3n) is 7.79. The monoisotopic (exact) mass is 519 g/mol. The number of anilines is 3. The molecule has 0 radical (unpaired) electrons. The van der Waals surface area contributed by atoms with Crippen molar-refractivity contribution in [2.75, 3.05) is 54.4 Å². The molecule has 0 unspecified atom stereocenters. The first-order valence-corrected chi connectivity index (χ1v) is 13.5. The van der Waals surface area contributed by atoms with Crippen LogP contribution >= 0.6 is 0 Å². The van der Waals surface area contributed by atoms with Crippen LogP contribution in [0.15, 0.2) is 54.6 Å². The van der Waals surface area contributed by atoms with Crippen LogP contribution in [-0.4, -0.2) is 61.1 Å². The summed E-state index contributed by atoms with van der Waals surface area (Å²) in [5, 5.41) is 22.6. The molecule has 8 nitrogen and oxygen atoms in total. The van der Waals surface area contributed by atoms with Gasteiger partial charge in [-0.1, -0.05) is 24.3 Å². The van der Waals surface area contributed by atoms with Crippen LogP contribution in [0.1, 0.15) is 45.7 Å². The number of rotatable bonds is 5. The Kier molecular flexibility index (Phi) is 7.65. The minimum Gasteiger partial charge on any atom is -0.381 e. The van der Waals surface area contributed by atoms with E-state index in [-0.39, 0.29) is 11.9 Å². The molecule has 1 amide bonds. The highest BCUT2D eigenvalue weighted by Crippen LogP contribution is 2.27. The highest BCUT2D eigenvalue weighted by Gasteiger charge is 2.26. The highest BCUT2D eigenvalue weighted by molar-refractivity contribution is 5.96. The van der Waals surface area contributed by atoms with E-state index in [2.05, 4.69) is 27.3 Å². The Labute approximate surface area is 230 Å². The lowest BCUT2D eigenvalue weighted by Gasteiger charge is -2.37. The summed E-state index contributed by atoms with van der Waals surface area (Å²) in [5.74, 6) is -0.000742.